The number of carbonyl (C=O) groups is 1. The van der Waals surface area contributed by atoms with Crippen LogP contribution in [0.4, 0.5) is 8.78 Å². The van der Waals surface area contributed by atoms with Crippen molar-refractivity contribution in [1.82, 2.24) is 4.90 Å². The van der Waals surface area contributed by atoms with E-state index in [1.807, 2.05) is 0 Å². The zero-order valence-electron chi connectivity index (χ0n) is 11.8. The largest absolute Gasteiger partial charge is 0.497 e. The first-order valence-corrected chi connectivity index (χ1v) is 6.59. The molecule has 116 valence electrons. The summed E-state index contributed by atoms with van der Waals surface area (Å²) >= 11 is 0. The minimum Gasteiger partial charge on any atom is -0.497 e. The van der Waals surface area contributed by atoms with E-state index < -0.39 is 35.3 Å². The first-order valence-electron chi connectivity index (χ1n) is 6.59. The summed E-state index contributed by atoms with van der Waals surface area (Å²) in [5.41, 5.74) is -0.653. The highest BCUT2D eigenvalue weighted by molar-refractivity contribution is 5.95. The summed E-state index contributed by atoms with van der Waals surface area (Å²) in [6, 6.07) is 1.89. The minimum atomic E-state index is -0.994. The molecule has 0 aromatic heterocycles. The number of rotatable bonds is 4. The van der Waals surface area contributed by atoms with Crippen LogP contribution in [-0.2, 0) is 4.74 Å². The van der Waals surface area contributed by atoms with E-state index in [1.165, 1.54) is 12.0 Å². The third kappa shape index (κ3) is 3.14. The van der Waals surface area contributed by atoms with Gasteiger partial charge in [-0.15, -0.1) is 0 Å². The number of hydrogen-bond acceptors (Lipinski definition) is 4. The van der Waals surface area contributed by atoms with Gasteiger partial charge in [0.1, 0.15) is 29.1 Å². The standard InChI is InChI=1S/C14H17F2NO4/c1-3-21-12-7-17(6-11(12)18)14(19)13-9(15)4-8(20-2)5-10(13)16/h4-5,11-12,18H,3,6-7H2,1-2H3/t11-,12-/m1/s1. The van der Waals surface area contributed by atoms with Gasteiger partial charge in [-0.1, -0.05) is 0 Å². The molecule has 1 saturated heterocycles. The number of halogens is 2. The lowest BCUT2D eigenvalue weighted by Gasteiger charge is -2.17. The Labute approximate surface area is 121 Å². The second kappa shape index (κ2) is 6.36. The molecule has 0 unspecified atom stereocenters. The second-order valence-electron chi connectivity index (χ2n) is 4.74. The molecule has 1 aromatic rings. The predicted octanol–water partition coefficient (Wildman–Crippen LogP) is 1.20. The average Bonchev–Trinajstić information content (AvgIpc) is 2.79. The van der Waals surface area contributed by atoms with Crippen LogP contribution in [0, 0.1) is 11.6 Å². The molecule has 2 atom stereocenters. The summed E-state index contributed by atoms with van der Waals surface area (Å²) < 4.78 is 37.8. The van der Waals surface area contributed by atoms with E-state index in [9.17, 15) is 18.7 Å². The number of benzene rings is 1. The van der Waals surface area contributed by atoms with Crippen molar-refractivity contribution in [2.24, 2.45) is 0 Å². The fourth-order valence-corrected chi connectivity index (χ4v) is 2.33. The SMILES string of the molecule is CCO[C@@H]1CN(C(=O)c2c(F)cc(OC)cc2F)C[C@H]1O. The van der Waals surface area contributed by atoms with E-state index in [0.29, 0.717) is 6.61 Å². The number of carbonyl (C=O) groups excluding carboxylic acids is 1. The Morgan fingerprint density at radius 2 is 2.00 bits per heavy atom. The Bertz CT molecular complexity index is 515. The molecule has 0 aliphatic carbocycles. The Morgan fingerprint density at radius 3 is 2.52 bits per heavy atom. The number of ether oxygens (including phenoxy) is 2. The maximum Gasteiger partial charge on any atom is 0.260 e. The average molecular weight is 301 g/mol. The maximum absolute atomic E-state index is 13.9. The molecule has 1 N–H and O–H groups in total. The molecule has 1 aliphatic rings. The van der Waals surface area contributed by atoms with Crippen LogP contribution in [0.15, 0.2) is 12.1 Å². The summed E-state index contributed by atoms with van der Waals surface area (Å²) in [6.45, 7) is 2.22. The van der Waals surface area contributed by atoms with Crippen molar-refractivity contribution < 1.29 is 28.2 Å². The molecule has 5 nitrogen and oxygen atoms in total. The van der Waals surface area contributed by atoms with Crippen molar-refractivity contribution in [3.8, 4) is 5.75 Å². The normalized spacial score (nSPS) is 21.7. The number of aliphatic hydroxyl groups excluding tert-OH is 1. The van der Waals surface area contributed by atoms with Crippen LogP contribution in [0.2, 0.25) is 0 Å². The number of β-amino-alcohol motifs (C(OH)–C–C–N with tert-alkyl or cyclic N) is 1. The zero-order valence-corrected chi connectivity index (χ0v) is 11.8. The summed E-state index contributed by atoms with van der Waals surface area (Å²) in [4.78, 5) is 13.4. The van der Waals surface area contributed by atoms with Crippen LogP contribution in [0.25, 0.3) is 0 Å². The van der Waals surface area contributed by atoms with Crippen molar-refractivity contribution in [2.45, 2.75) is 19.1 Å². The van der Waals surface area contributed by atoms with Gasteiger partial charge >= 0.3 is 0 Å². The topological polar surface area (TPSA) is 59.0 Å². The first kappa shape index (κ1) is 15.7. The van der Waals surface area contributed by atoms with Crippen molar-refractivity contribution in [3.05, 3.63) is 29.3 Å². The number of hydrogen-bond donors (Lipinski definition) is 1. The Kier molecular flexibility index (Phi) is 4.74. The van der Waals surface area contributed by atoms with Gasteiger partial charge in [0.15, 0.2) is 0 Å². The summed E-state index contributed by atoms with van der Waals surface area (Å²) in [5, 5.41) is 9.78. The highest BCUT2D eigenvalue weighted by atomic mass is 19.1. The van der Waals surface area contributed by atoms with Gasteiger partial charge in [0.2, 0.25) is 0 Å². The number of methoxy groups -OCH3 is 1. The lowest BCUT2D eigenvalue weighted by Crippen LogP contribution is -2.31. The highest BCUT2D eigenvalue weighted by Crippen LogP contribution is 2.24. The molecule has 0 spiro atoms. The van der Waals surface area contributed by atoms with Crippen LogP contribution in [0.1, 0.15) is 17.3 Å². The van der Waals surface area contributed by atoms with Crippen molar-refractivity contribution in [2.75, 3.05) is 26.8 Å². The third-order valence-electron chi connectivity index (χ3n) is 3.37. The fraction of sp³-hybridized carbons (Fsp3) is 0.500. The first-order chi connectivity index (χ1) is 9.97. The number of nitrogens with zero attached hydrogens (tertiary/aromatic N) is 1. The number of aliphatic hydroxyl groups is 1. The Morgan fingerprint density at radius 1 is 1.38 bits per heavy atom. The van der Waals surface area contributed by atoms with E-state index in [2.05, 4.69) is 0 Å². The van der Waals surface area contributed by atoms with Gasteiger partial charge in [-0.25, -0.2) is 8.78 Å². The van der Waals surface area contributed by atoms with Gasteiger partial charge in [0.05, 0.1) is 13.2 Å². The molecule has 7 heteroatoms. The van der Waals surface area contributed by atoms with Gasteiger partial charge in [-0.05, 0) is 6.92 Å². The van der Waals surface area contributed by atoms with E-state index in [4.69, 9.17) is 9.47 Å². The van der Waals surface area contributed by atoms with Crippen molar-refractivity contribution >= 4 is 5.91 Å². The molecular formula is C14H17F2NO4. The molecule has 0 bridgehead atoms. The molecule has 1 heterocycles. The summed E-state index contributed by atoms with van der Waals surface area (Å²) in [5.74, 6) is -2.80. The lowest BCUT2D eigenvalue weighted by molar-refractivity contribution is -0.00237. The highest BCUT2D eigenvalue weighted by Gasteiger charge is 2.36. The molecule has 1 aliphatic heterocycles. The van der Waals surface area contributed by atoms with Crippen molar-refractivity contribution in [3.63, 3.8) is 0 Å². The quantitative estimate of drug-likeness (QED) is 0.908. The number of amides is 1. The van der Waals surface area contributed by atoms with E-state index in [0.717, 1.165) is 12.1 Å². The summed E-state index contributed by atoms with van der Waals surface area (Å²) in [6.07, 6.45) is -1.40. The monoisotopic (exact) mass is 301 g/mol. The predicted molar refractivity (Wildman–Crippen MR) is 70.2 cm³/mol. The molecule has 1 amide bonds. The van der Waals surface area contributed by atoms with Gasteiger partial charge in [0, 0.05) is 31.8 Å². The smallest absolute Gasteiger partial charge is 0.260 e. The molecule has 21 heavy (non-hydrogen) atoms. The van der Waals surface area contributed by atoms with Crippen LogP contribution in [-0.4, -0.2) is 54.9 Å². The molecular weight excluding hydrogens is 284 g/mol. The molecule has 0 saturated carbocycles. The van der Waals surface area contributed by atoms with Gasteiger partial charge in [-0.3, -0.25) is 4.79 Å². The maximum atomic E-state index is 13.9. The van der Waals surface area contributed by atoms with Crippen LogP contribution >= 0.6 is 0 Å². The summed E-state index contributed by atoms with van der Waals surface area (Å²) in [7, 11) is 1.28. The van der Waals surface area contributed by atoms with Crippen LogP contribution < -0.4 is 4.74 Å². The van der Waals surface area contributed by atoms with E-state index >= 15 is 0 Å². The third-order valence-corrected chi connectivity index (χ3v) is 3.37. The van der Waals surface area contributed by atoms with Crippen LogP contribution in [0.3, 0.4) is 0 Å². The fourth-order valence-electron chi connectivity index (χ4n) is 2.33. The molecule has 1 aromatic carbocycles. The van der Waals surface area contributed by atoms with Crippen molar-refractivity contribution in [1.29, 1.82) is 0 Å². The lowest BCUT2D eigenvalue weighted by atomic mass is 10.1. The van der Waals surface area contributed by atoms with Crippen LogP contribution in [0.5, 0.6) is 5.75 Å². The van der Waals surface area contributed by atoms with E-state index in [1.54, 1.807) is 6.92 Å². The Balaban J connectivity index is 2.22. The molecule has 0 radical (unpaired) electrons. The molecule has 2 rings (SSSR count). The van der Waals surface area contributed by atoms with Gasteiger partial charge < -0.3 is 19.5 Å². The second-order valence-corrected chi connectivity index (χ2v) is 4.74. The zero-order chi connectivity index (χ0) is 15.6. The number of likely N-dealkylation sites (tertiary alicyclic amines) is 1. The van der Waals surface area contributed by atoms with Gasteiger partial charge in [0.25, 0.3) is 5.91 Å². The molecule has 1 fully saturated rings. The van der Waals surface area contributed by atoms with Gasteiger partial charge in [-0.2, -0.15) is 0 Å². The van der Waals surface area contributed by atoms with E-state index in [-0.39, 0.29) is 18.8 Å². The Hall–Kier alpha value is -1.73. The minimum absolute atomic E-state index is 0.00444.